The van der Waals surface area contributed by atoms with Crippen LogP contribution >= 0.6 is 0 Å². The summed E-state index contributed by atoms with van der Waals surface area (Å²) in [6.07, 6.45) is 2.98. The number of aromatic nitrogens is 4. The Morgan fingerprint density at radius 2 is 2.16 bits per heavy atom. The summed E-state index contributed by atoms with van der Waals surface area (Å²) in [6.45, 7) is 4.73. The van der Waals surface area contributed by atoms with Crippen LogP contribution in [0.25, 0.3) is 0 Å². The van der Waals surface area contributed by atoms with E-state index in [4.69, 9.17) is 9.73 Å². The van der Waals surface area contributed by atoms with Crippen LogP contribution in [0, 0.1) is 6.92 Å². The van der Waals surface area contributed by atoms with Crippen molar-refractivity contribution in [2.75, 3.05) is 27.3 Å². The molecular weight excluding hydrogens is 318 g/mol. The van der Waals surface area contributed by atoms with E-state index in [0.717, 1.165) is 43.7 Å². The Bertz CT molecular complexity index is 689. The fourth-order valence-corrected chi connectivity index (χ4v) is 2.44. The largest absolute Gasteiger partial charge is 0.385 e. The smallest absolute Gasteiger partial charge is 0.194 e. The summed E-state index contributed by atoms with van der Waals surface area (Å²) in [6, 6.07) is 4.17. The van der Waals surface area contributed by atoms with Gasteiger partial charge in [0.25, 0.3) is 0 Å². The molecule has 0 saturated carbocycles. The number of aryl methyl sites for hydroxylation is 2. The number of hydrogen-bond acceptors (Lipinski definition) is 4. The van der Waals surface area contributed by atoms with E-state index >= 15 is 0 Å². The van der Waals surface area contributed by atoms with Gasteiger partial charge in [-0.2, -0.15) is 0 Å². The van der Waals surface area contributed by atoms with Gasteiger partial charge in [-0.1, -0.05) is 0 Å². The fraction of sp³-hybridized carbons (Fsp3) is 0.588. The lowest BCUT2D eigenvalue weighted by molar-refractivity contribution is 0.195. The van der Waals surface area contributed by atoms with Crippen molar-refractivity contribution in [3.05, 3.63) is 35.7 Å². The zero-order valence-electron chi connectivity index (χ0n) is 15.9. The molecule has 0 aliphatic carbocycles. The van der Waals surface area contributed by atoms with Gasteiger partial charge in [-0.05, 0) is 25.5 Å². The van der Waals surface area contributed by atoms with Crippen molar-refractivity contribution in [3.63, 3.8) is 0 Å². The third-order valence-electron chi connectivity index (χ3n) is 4.17. The molecule has 25 heavy (non-hydrogen) atoms. The number of nitrogens with one attached hydrogen (secondary N) is 1. The first-order valence-corrected chi connectivity index (χ1v) is 8.46. The average Bonchev–Trinajstić information content (AvgIpc) is 3.14. The predicted octanol–water partition coefficient (Wildman–Crippen LogP) is 1.08. The maximum atomic E-state index is 5.11. The molecule has 2 heterocycles. The van der Waals surface area contributed by atoms with Gasteiger partial charge in [0.2, 0.25) is 0 Å². The molecule has 2 aromatic rings. The molecule has 0 aromatic carbocycles. The van der Waals surface area contributed by atoms with E-state index in [9.17, 15) is 0 Å². The number of nitrogens with zero attached hydrogens (tertiary/aromatic N) is 6. The van der Waals surface area contributed by atoms with E-state index in [2.05, 4.69) is 31.0 Å². The lowest BCUT2D eigenvalue weighted by Crippen LogP contribution is -2.39. The van der Waals surface area contributed by atoms with Crippen molar-refractivity contribution in [3.8, 4) is 0 Å². The van der Waals surface area contributed by atoms with E-state index in [1.165, 1.54) is 5.69 Å². The Balaban J connectivity index is 2.06. The van der Waals surface area contributed by atoms with Crippen LogP contribution in [0.4, 0.5) is 0 Å². The van der Waals surface area contributed by atoms with Gasteiger partial charge in [0.15, 0.2) is 11.8 Å². The van der Waals surface area contributed by atoms with Gasteiger partial charge in [0, 0.05) is 53.3 Å². The second kappa shape index (κ2) is 9.22. The number of methoxy groups -OCH3 is 1. The summed E-state index contributed by atoms with van der Waals surface area (Å²) in [5.41, 5.74) is 1.23. The van der Waals surface area contributed by atoms with Gasteiger partial charge in [0.1, 0.15) is 12.4 Å². The zero-order chi connectivity index (χ0) is 18.2. The Morgan fingerprint density at radius 3 is 2.76 bits per heavy atom. The Labute approximate surface area is 149 Å². The van der Waals surface area contributed by atoms with Crippen molar-refractivity contribution < 1.29 is 4.74 Å². The molecule has 0 aliphatic heterocycles. The van der Waals surface area contributed by atoms with Crippen LogP contribution in [0.15, 0.2) is 23.3 Å². The molecule has 0 aliphatic rings. The third kappa shape index (κ3) is 5.32. The highest BCUT2D eigenvalue weighted by molar-refractivity contribution is 5.79. The first-order valence-electron chi connectivity index (χ1n) is 8.46. The molecule has 0 atom stereocenters. The summed E-state index contributed by atoms with van der Waals surface area (Å²) in [4.78, 5) is 6.85. The van der Waals surface area contributed by atoms with E-state index < -0.39 is 0 Å². The maximum absolute atomic E-state index is 5.11. The van der Waals surface area contributed by atoms with Gasteiger partial charge in [-0.3, -0.25) is 0 Å². The van der Waals surface area contributed by atoms with Gasteiger partial charge in [-0.25, -0.2) is 4.99 Å². The summed E-state index contributed by atoms with van der Waals surface area (Å²) in [5, 5.41) is 11.7. The molecule has 8 heteroatoms. The van der Waals surface area contributed by atoms with Crippen LogP contribution in [-0.4, -0.2) is 57.5 Å². The minimum absolute atomic E-state index is 0.488. The second-order valence-electron chi connectivity index (χ2n) is 6.10. The van der Waals surface area contributed by atoms with Gasteiger partial charge in [-0.15, -0.1) is 10.2 Å². The monoisotopic (exact) mass is 347 g/mol. The highest BCUT2D eigenvalue weighted by Crippen LogP contribution is 2.05. The number of rotatable bonds is 8. The summed E-state index contributed by atoms with van der Waals surface area (Å²) in [7, 11) is 7.76. The Morgan fingerprint density at radius 1 is 1.36 bits per heavy atom. The third-order valence-corrected chi connectivity index (χ3v) is 4.17. The maximum Gasteiger partial charge on any atom is 0.194 e. The molecule has 8 nitrogen and oxygen atoms in total. The molecule has 0 spiro atoms. The minimum Gasteiger partial charge on any atom is -0.385 e. The average molecular weight is 347 g/mol. The number of aliphatic imine (C=N–C) groups is 1. The first-order chi connectivity index (χ1) is 12.0. The zero-order valence-corrected chi connectivity index (χ0v) is 15.9. The molecule has 0 amide bonds. The summed E-state index contributed by atoms with van der Waals surface area (Å²) >= 11 is 0. The fourth-order valence-electron chi connectivity index (χ4n) is 2.44. The quantitative estimate of drug-likeness (QED) is 0.439. The van der Waals surface area contributed by atoms with Gasteiger partial charge >= 0.3 is 0 Å². The summed E-state index contributed by atoms with van der Waals surface area (Å²) < 4.78 is 9.19. The van der Waals surface area contributed by atoms with Gasteiger partial charge in [0.05, 0.1) is 6.54 Å². The van der Waals surface area contributed by atoms with Crippen molar-refractivity contribution in [2.24, 2.45) is 19.1 Å². The van der Waals surface area contributed by atoms with E-state index in [-0.39, 0.29) is 0 Å². The van der Waals surface area contributed by atoms with Crippen LogP contribution in [0.5, 0.6) is 0 Å². The minimum atomic E-state index is 0.488. The Kier molecular flexibility index (Phi) is 7.00. The number of guanidine groups is 1. The van der Waals surface area contributed by atoms with Crippen LogP contribution in [0.3, 0.4) is 0 Å². The van der Waals surface area contributed by atoms with Crippen LogP contribution in [0.2, 0.25) is 0 Å². The lowest BCUT2D eigenvalue weighted by Gasteiger charge is -2.23. The predicted molar refractivity (Wildman–Crippen MR) is 98.3 cm³/mol. The second-order valence-corrected chi connectivity index (χ2v) is 6.10. The number of hydrogen-bond donors (Lipinski definition) is 1. The molecule has 0 fully saturated rings. The van der Waals surface area contributed by atoms with E-state index in [0.29, 0.717) is 6.54 Å². The molecule has 2 rings (SSSR count). The highest BCUT2D eigenvalue weighted by atomic mass is 16.5. The Hall–Kier alpha value is -2.35. The molecule has 138 valence electrons. The van der Waals surface area contributed by atoms with Crippen molar-refractivity contribution in [1.29, 1.82) is 0 Å². The van der Waals surface area contributed by atoms with Gasteiger partial charge < -0.3 is 24.1 Å². The summed E-state index contributed by atoms with van der Waals surface area (Å²) in [5.74, 6) is 2.58. The van der Waals surface area contributed by atoms with E-state index in [1.807, 2.05) is 44.9 Å². The van der Waals surface area contributed by atoms with Crippen molar-refractivity contribution in [2.45, 2.75) is 26.4 Å². The first kappa shape index (κ1) is 19.0. The van der Waals surface area contributed by atoms with E-state index in [1.54, 1.807) is 7.11 Å². The lowest BCUT2D eigenvalue weighted by atomic mass is 10.4. The molecule has 2 aromatic heterocycles. The van der Waals surface area contributed by atoms with Crippen molar-refractivity contribution in [1.82, 2.24) is 29.5 Å². The van der Waals surface area contributed by atoms with Crippen LogP contribution in [-0.2, 0) is 31.9 Å². The number of ether oxygens (including phenoxy) is 1. The van der Waals surface area contributed by atoms with Crippen molar-refractivity contribution >= 4 is 5.96 Å². The molecule has 1 N–H and O–H groups in total. The molecule has 0 bridgehead atoms. The van der Waals surface area contributed by atoms with Crippen LogP contribution < -0.4 is 5.32 Å². The standard InChI is InChI=1S/C17H29N7O/c1-14-20-21-16(24(14)4)12-19-17(18-9-7-11-25-5)23(3)13-15-8-6-10-22(15)2/h6,8,10H,7,9,11-13H2,1-5H3,(H,18,19). The molecule has 0 radical (unpaired) electrons. The SMILES string of the molecule is COCCCNC(=NCc1nnc(C)n1C)N(C)Cc1cccn1C. The molecule has 0 saturated heterocycles. The van der Waals surface area contributed by atoms with Crippen LogP contribution in [0.1, 0.15) is 23.8 Å². The molecular formula is C17H29N7O. The topological polar surface area (TPSA) is 72.5 Å². The molecule has 0 unspecified atom stereocenters. The highest BCUT2D eigenvalue weighted by Gasteiger charge is 2.10. The normalized spacial score (nSPS) is 11.8.